The monoisotopic (exact) mass is 256 g/mol. The highest BCUT2D eigenvalue weighted by Gasteiger charge is 2.06. The van der Waals surface area contributed by atoms with Crippen LogP contribution >= 0.6 is 11.3 Å². The van der Waals surface area contributed by atoms with Crippen molar-refractivity contribution >= 4 is 11.3 Å². The molecule has 0 amide bonds. The Morgan fingerprint density at radius 2 is 2.00 bits per heavy atom. The molecule has 0 bridgehead atoms. The van der Waals surface area contributed by atoms with Crippen molar-refractivity contribution in [3.63, 3.8) is 0 Å². The topological polar surface area (TPSA) is 43.6 Å². The third-order valence-electron chi connectivity index (χ3n) is 2.65. The van der Waals surface area contributed by atoms with Gasteiger partial charge in [0.1, 0.15) is 5.69 Å². The molecule has 0 saturated carbocycles. The van der Waals surface area contributed by atoms with E-state index in [1.807, 2.05) is 49.6 Å². The van der Waals surface area contributed by atoms with Crippen molar-refractivity contribution in [3.05, 3.63) is 47.1 Å². The van der Waals surface area contributed by atoms with Crippen LogP contribution in [0.2, 0.25) is 0 Å². The number of aryl methyl sites for hydroxylation is 2. The van der Waals surface area contributed by atoms with Gasteiger partial charge in [-0.3, -0.25) is 0 Å². The molecule has 18 heavy (non-hydrogen) atoms. The van der Waals surface area contributed by atoms with Crippen LogP contribution in [0.5, 0.6) is 0 Å². The van der Waals surface area contributed by atoms with Gasteiger partial charge in [-0.2, -0.15) is 5.10 Å². The van der Waals surface area contributed by atoms with E-state index < -0.39 is 0 Å². The standard InChI is InChI=1S/C13H12N4S/c1-9-8-10(2)17(16-9)13-6-5-11(14-15-13)12-4-3-7-18-12/h3-8H,1-2H3. The van der Waals surface area contributed by atoms with Gasteiger partial charge in [0.2, 0.25) is 0 Å². The summed E-state index contributed by atoms with van der Waals surface area (Å²) in [6.45, 7) is 3.98. The molecule has 90 valence electrons. The molecule has 0 aliphatic rings. The van der Waals surface area contributed by atoms with Crippen molar-refractivity contribution in [1.82, 2.24) is 20.0 Å². The van der Waals surface area contributed by atoms with E-state index in [0.29, 0.717) is 0 Å². The molecule has 0 unspecified atom stereocenters. The average molecular weight is 256 g/mol. The highest BCUT2D eigenvalue weighted by molar-refractivity contribution is 7.13. The molecule has 3 heterocycles. The first kappa shape index (κ1) is 11.1. The molecular weight excluding hydrogens is 244 g/mol. The third-order valence-corrected chi connectivity index (χ3v) is 3.54. The summed E-state index contributed by atoms with van der Waals surface area (Å²) in [6.07, 6.45) is 0. The Labute approximate surface area is 109 Å². The summed E-state index contributed by atoms with van der Waals surface area (Å²) in [5.74, 6) is 0.751. The molecule has 0 radical (unpaired) electrons. The van der Waals surface area contributed by atoms with E-state index in [-0.39, 0.29) is 0 Å². The lowest BCUT2D eigenvalue weighted by Gasteiger charge is -2.02. The van der Waals surface area contributed by atoms with E-state index in [0.717, 1.165) is 27.8 Å². The van der Waals surface area contributed by atoms with Gasteiger partial charge in [0.05, 0.1) is 10.6 Å². The van der Waals surface area contributed by atoms with Gasteiger partial charge in [-0.1, -0.05) is 6.07 Å². The average Bonchev–Trinajstić information content (AvgIpc) is 2.99. The predicted molar refractivity (Wildman–Crippen MR) is 71.9 cm³/mol. The largest absolute Gasteiger partial charge is 0.218 e. The van der Waals surface area contributed by atoms with E-state index in [2.05, 4.69) is 15.3 Å². The van der Waals surface area contributed by atoms with E-state index >= 15 is 0 Å². The normalized spacial score (nSPS) is 10.8. The molecule has 3 aromatic rings. The number of hydrogen-bond acceptors (Lipinski definition) is 4. The quantitative estimate of drug-likeness (QED) is 0.708. The van der Waals surface area contributed by atoms with Gasteiger partial charge in [0.25, 0.3) is 0 Å². The molecule has 5 heteroatoms. The minimum Gasteiger partial charge on any atom is -0.218 e. The fraction of sp³-hybridized carbons (Fsp3) is 0.154. The Balaban J connectivity index is 1.99. The lowest BCUT2D eigenvalue weighted by molar-refractivity contribution is 0.783. The van der Waals surface area contributed by atoms with Crippen molar-refractivity contribution in [2.75, 3.05) is 0 Å². The van der Waals surface area contributed by atoms with Crippen LogP contribution in [0, 0.1) is 13.8 Å². The second-order valence-electron chi connectivity index (χ2n) is 4.09. The van der Waals surface area contributed by atoms with Crippen molar-refractivity contribution < 1.29 is 0 Å². The first-order valence-electron chi connectivity index (χ1n) is 5.65. The Kier molecular flexibility index (Phi) is 2.68. The summed E-state index contributed by atoms with van der Waals surface area (Å²) in [5.41, 5.74) is 2.94. The van der Waals surface area contributed by atoms with E-state index in [1.54, 1.807) is 16.0 Å². The fourth-order valence-corrected chi connectivity index (χ4v) is 2.55. The first-order chi connectivity index (χ1) is 8.74. The van der Waals surface area contributed by atoms with Crippen LogP contribution in [0.3, 0.4) is 0 Å². The Morgan fingerprint density at radius 3 is 2.56 bits per heavy atom. The van der Waals surface area contributed by atoms with Crippen molar-refractivity contribution in [2.45, 2.75) is 13.8 Å². The minimum absolute atomic E-state index is 0.751. The predicted octanol–water partition coefficient (Wildman–Crippen LogP) is 3.01. The molecule has 0 N–H and O–H groups in total. The zero-order valence-electron chi connectivity index (χ0n) is 10.2. The maximum absolute atomic E-state index is 4.39. The minimum atomic E-state index is 0.751. The maximum atomic E-state index is 4.39. The van der Waals surface area contributed by atoms with Gasteiger partial charge in [0.15, 0.2) is 5.82 Å². The van der Waals surface area contributed by atoms with Crippen LogP contribution in [-0.4, -0.2) is 20.0 Å². The smallest absolute Gasteiger partial charge is 0.175 e. The number of nitrogens with zero attached hydrogens (tertiary/aromatic N) is 4. The first-order valence-corrected chi connectivity index (χ1v) is 6.53. The molecule has 4 nitrogen and oxygen atoms in total. The van der Waals surface area contributed by atoms with Crippen LogP contribution in [0.15, 0.2) is 35.7 Å². The van der Waals surface area contributed by atoms with Gasteiger partial charge in [0, 0.05) is 5.69 Å². The number of aromatic nitrogens is 4. The summed E-state index contributed by atoms with van der Waals surface area (Å²) in [7, 11) is 0. The second kappa shape index (κ2) is 4.34. The summed E-state index contributed by atoms with van der Waals surface area (Å²) in [6, 6.07) is 10.00. The molecule has 0 aliphatic carbocycles. The second-order valence-corrected chi connectivity index (χ2v) is 5.04. The highest BCUT2D eigenvalue weighted by atomic mass is 32.1. The number of hydrogen-bond donors (Lipinski definition) is 0. The Bertz CT molecular complexity index is 653. The zero-order chi connectivity index (χ0) is 12.5. The van der Waals surface area contributed by atoms with E-state index in [1.165, 1.54) is 0 Å². The van der Waals surface area contributed by atoms with Crippen molar-refractivity contribution in [2.24, 2.45) is 0 Å². The molecule has 0 atom stereocenters. The molecule has 0 aliphatic heterocycles. The van der Waals surface area contributed by atoms with Crippen LogP contribution < -0.4 is 0 Å². The Morgan fingerprint density at radius 1 is 1.11 bits per heavy atom. The summed E-state index contributed by atoms with van der Waals surface area (Å²) < 4.78 is 1.81. The molecule has 0 saturated heterocycles. The van der Waals surface area contributed by atoms with Gasteiger partial charge >= 0.3 is 0 Å². The van der Waals surface area contributed by atoms with E-state index in [9.17, 15) is 0 Å². The number of thiophene rings is 1. The van der Waals surface area contributed by atoms with Gasteiger partial charge in [-0.25, -0.2) is 4.68 Å². The lowest BCUT2D eigenvalue weighted by atomic mass is 10.3. The number of rotatable bonds is 2. The molecule has 0 fully saturated rings. The third kappa shape index (κ3) is 1.93. The fourth-order valence-electron chi connectivity index (χ4n) is 1.85. The van der Waals surface area contributed by atoms with Gasteiger partial charge in [-0.05, 0) is 43.5 Å². The van der Waals surface area contributed by atoms with Crippen molar-refractivity contribution in [1.29, 1.82) is 0 Å². The van der Waals surface area contributed by atoms with Crippen LogP contribution in [0.1, 0.15) is 11.4 Å². The molecule has 0 aromatic carbocycles. The SMILES string of the molecule is Cc1cc(C)n(-c2ccc(-c3cccs3)nn2)n1. The zero-order valence-corrected chi connectivity index (χ0v) is 11.0. The van der Waals surface area contributed by atoms with Crippen LogP contribution in [-0.2, 0) is 0 Å². The van der Waals surface area contributed by atoms with Gasteiger partial charge < -0.3 is 0 Å². The van der Waals surface area contributed by atoms with E-state index in [4.69, 9.17) is 0 Å². The summed E-state index contributed by atoms with van der Waals surface area (Å²) >= 11 is 1.66. The molecule has 0 spiro atoms. The maximum Gasteiger partial charge on any atom is 0.175 e. The Hall–Kier alpha value is -2.01. The summed E-state index contributed by atoms with van der Waals surface area (Å²) in [5, 5.41) is 14.9. The summed E-state index contributed by atoms with van der Waals surface area (Å²) in [4.78, 5) is 1.13. The van der Waals surface area contributed by atoms with Gasteiger partial charge in [-0.15, -0.1) is 21.5 Å². The van der Waals surface area contributed by atoms with Crippen LogP contribution in [0.25, 0.3) is 16.4 Å². The highest BCUT2D eigenvalue weighted by Crippen LogP contribution is 2.22. The molecule has 3 rings (SSSR count). The lowest BCUT2D eigenvalue weighted by Crippen LogP contribution is -2.03. The molecule has 3 aromatic heterocycles. The van der Waals surface area contributed by atoms with Crippen LogP contribution in [0.4, 0.5) is 0 Å². The van der Waals surface area contributed by atoms with Crippen molar-refractivity contribution in [3.8, 4) is 16.4 Å². The molecular formula is C13H12N4S.